The molecule has 1 unspecified atom stereocenters. The Hall–Kier alpha value is -0.0800. The van der Waals surface area contributed by atoms with E-state index in [4.69, 9.17) is 0 Å². The van der Waals surface area contributed by atoms with Gasteiger partial charge in [-0.1, -0.05) is 20.3 Å². The minimum atomic E-state index is 0.676. The molecule has 0 saturated heterocycles. The van der Waals surface area contributed by atoms with Crippen LogP contribution in [0.1, 0.15) is 33.1 Å². The smallest absolute Gasteiger partial charge is 0.0237 e. The lowest BCUT2D eigenvalue weighted by molar-refractivity contribution is 0.213. The molecule has 1 saturated carbocycles. The highest BCUT2D eigenvalue weighted by atomic mass is 15.1. The Balaban J connectivity index is 2.12. The van der Waals surface area contributed by atoms with E-state index in [0.717, 1.165) is 18.4 Å². The molecule has 0 aromatic rings. The van der Waals surface area contributed by atoms with E-state index in [2.05, 4.69) is 38.2 Å². The number of nitrogens with one attached hydrogen (secondary N) is 1. The Labute approximate surface area is 89.1 Å². The lowest BCUT2D eigenvalue weighted by Gasteiger charge is -2.31. The zero-order valence-electron chi connectivity index (χ0n) is 10.2. The van der Waals surface area contributed by atoms with Crippen LogP contribution in [0.3, 0.4) is 0 Å². The second-order valence-electron chi connectivity index (χ2n) is 5.23. The van der Waals surface area contributed by atoms with Gasteiger partial charge >= 0.3 is 0 Å². The molecule has 0 aromatic heterocycles. The highest BCUT2D eigenvalue weighted by Crippen LogP contribution is 2.25. The van der Waals surface area contributed by atoms with Crippen molar-refractivity contribution in [2.45, 2.75) is 39.2 Å². The van der Waals surface area contributed by atoms with Crippen molar-refractivity contribution < 1.29 is 0 Å². The summed E-state index contributed by atoms with van der Waals surface area (Å²) in [4.78, 5) is 2.33. The zero-order chi connectivity index (χ0) is 10.6. The molecular formula is C12H26N2. The Morgan fingerprint density at radius 1 is 1.29 bits per heavy atom. The molecule has 84 valence electrons. The minimum absolute atomic E-state index is 0.676. The standard InChI is InChI=1S/C12H26N2/c1-10(2)12(14(3)4)9-13-8-11-6-5-7-11/h10-13H,5-9H2,1-4H3. The molecule has 0 bridgehead atoms. The van der Waals surface area contributed by atoms with Crippen LogP contribution in [0, 0.1) is 11.8 Å². The quantitative estimate of drug-likeness (QED) is 0.702. The third-order valence-electron chi connectivity index (χ3n) is 3.44. The Bertz CT molecular complexity index is 142. The molecule has 1 aliphatic carbocycles. The summed E-state index contributed by atoms with van der Waals surface area (Å²) in [6, 6.07) is 0.676. The van der Waals surface area contributed by atoms with Crippen LogP contribution in [-0.4, -0.2) is 38.1 Å². The molecule has 2 heteroatoms. The maximum absolute atomic E-state index is 3.61. The molecule has 0 amide bonds. The summed E-state index contributed by atoms with van der Waals surface area (Å²) >= 11 is 0. The van der Waals surface area contributed by atoms with Crippen LogP contribution in [0.4, 0.5) is 0 Å². The molecule has 0 spiro atoms. The predicted molar refractivity (Wildman–Crippen MR) is 62.5 cm³/mol. The molecule has 0 radical (unpaired) electrons. The summed E-state index contributed by atoms with van der Waals surface area (Å²) in [5.41, 5.74) is 0. The third kappa shape index (κ3) is 3.58. The second kappa shape index (κ2) is 5.72. The monoisotopic (exact) mass is 198 g/mol. The summed E-state index contributed by atoms with van der Waals surface area (Å²) in [6.45, 7) is 6.98. The maximum atomic E-state index is 3.61. The van der Waals surface area contributed by atoms with E-state index < -0.39 is 0 Å². The number of rotatable bonds is 6. The van der Waals surface area contributed by atoms with Gasteiger partial charge in [-0.15, -0.1) is 0 Å². The van der Waals surface area contributed by atoms with Crippen molar-refractivity contribution in [3.8, 4) is 0 Å². The number of nitrogens with zero attached hydrogens (tertiary/aromatic N) is 1. The van der Waals surface area contributed by atoms with Gasteiger partial charge in [0.25, 0.3) is 0 Å². The maximum Gasteiger partial charge on any atom is 0.0237 e. The molecular weight excluding hydrogens is 172 g/mol. The fourth-order valence-corrected chi connectivity index (χ4v) is 2.15. The topological polar surface area (TPSA) is 15.3 Å². The third-order valence-corrected chi connectivity index (χ3v) is 3.44. The van der Waals surface area contributed by atoms with E-state index in [9.17, 15) is 0 Å². The summed E-state index contributed by atoms with van der Waals surface area (Å²) in [5.74, 6) is 1.71. The molecule has 1 rings (SSSR count). The van der Waals surface area contributed by atoms with Crippen molar-refractivity contribution in [1.29, 1.82) is 0 Å². The lowest BCUT2D eigenvalue weighted by Crippen LogP contribution is -2.43. The summed E-state index contributed by atoms with van der Waals surface area (Å²) in [5, 5.41) is 3.61. The molecule has 0 heterocycles. The number of hydrogen-bond donors (Lipinski definition) is 1. The number of hydrogen-bond acceptors (Lipinski definition) is 2. The van der Waals surface area contributed by atoms with Crippen LogP contribution in [0.25, 0.3) is 0 Å². The Morgan fingerprint density at radius 3 is 2.29 bits per heavy atom. The molecule has 1 N–H and O–H groups in total. The fraction of sp³-hybridized carbons (Fsp3) is 1.00. The van der Waals surface area contributed by atoms with Gasteiger partial charge < -0.3 is 10.2 Å². The van der Waals surface area contributed by atoms with E-state index in [-0.39, 0.29) is 0 Å². The lowest BCUT2D eigenvalue weighted by atomic mass is 9.85. The highest BCUT2D eigenvalue weighted by Gasteiger charge is 2.19. The van der Waals surface area contributed by atoms with E-state index in [0.29, 0.717) is 6.04 Å². The second-order valence-corrected chi connectivity index (χ2v) is 5.23. The summed E-state index contributed by atoms with van der Waals surface area (Å²) in [6.07, 6.45) is 4.34. The van der Waals surface area contributed by atoms with Crippen LogP contribution in [-0.2, 0) is 0 Å². The van der Waals surface area contributed by atoms with Crippen LogP contribution in [0.5, 0.6) is 0 Å². The first-order chi connectivity index (χ1) is 6.61. The first-order valence-electron chi connectivity index (χ1n) is 5.98. The van der Waals surface area contributed by atoms with Gasteiger partial charge in [-0.05, 0) is 45.3 Å². The van der Waals surface area contributed by atoms with E-state index >= 15 is 0 Å². The van der Waals surface area contributed by atoms with Crippen LogP contribution < -0.4 is 5.32 Å². The van der Waals surface area contributed by atoms with Gasteiger partial charge in [-0.3, -0.25) is 0 Å². The molecule has 1 fully saturated rings. The fourth-order valence-electron chi connectivity index (χ4n) is 2.15. The molecule has 0 aromatic carbocycles. The van der Waals surface area contributed by atoms with Gasteiger partial charge in [-0.25, -0.2) is 0 Å². The van der Waals surface area contributed by atoms with Gasteiger partial charge in [0.1, 0.15) is 0 Å². The van der Waals surface area contributed by atoms with Gasteiger partial charge in [0.05, 0.1) is 0 Å². The van der Waals surface area contributed by atoms with Crippen LogP contribution in [0.2, 0.25) is 0 Å². The predicted octanol–water partition coefficient (Wildman–Crippen LogP) is 1.96. The average molecular weight is 198 g/mol. The van der Waals surface area contributed by atoms with Gasteiger partial charge in [0.15, 0.2) is 0 Å². The van der Waals surface area contributed by atoms with Crippen LogP contribution in [0.15, 0.2) is 0 Å². The molecule has 0 aliphatic heterocycles. The minimum Gasteiger partial charge on any atom is -0.315 e. The van der Waals surface area contributed by atoms with Crippen molar-refractivity contribution >= 4 is 0 Å². The Morgan fingerprint density at radius 2 is 1.93 bits per heavy atom. The number of likely N-dealkylation sites (N-methyl/N-ethyl adjacent to an activating group) is 1. The van der Waals surface area contributed by atoms with Crippen molar-refractivity contribution in [3.63, 3.8) is 0 Å². The van der Waals surface area contributed by atoms with E-state index in [1.165, 1.54) is 25.8 Å². The largest absolute Gasteiger partial charge is 0.315 e. The molecule has 1 aliphatic rings. The molecule has 1 atom stereocenters. The van der Waals surface area contributed by atoms with Gasteiger partial charge in [0, 0.05) is 12.6 Å². The van der Waals surface area contributed by atoms with Crippen molar-refractivity contribution in [2.75, 3.05) is 27.2 Å². The normalized spacial score (nSPS) is 20.1. The van der Waals surface area contributed by atoms with E-state index in [1.54, 1.807) is 0 Å². The Kier molecular flexibility index (Phi) is 4.90. The summed E-state index contributed by atoms with van der Waals surface area (Å²) < 4.78 is 0. The van der Waals surface area contributed by atoms with Gasteiger partial charge in [-0.2, -0.15) is 0 Å². The van der Waals surface area contributed by atoms with Crippen molar-refractivity contribution in [3.05, 3.63) is 0 Å². The van der Waals surface area contributed by atoms with Crippen molar-refractivity contribution in [1.82, 2.24) is 10.2 Å². The van der Waals surface area contributed by atoms with E-state index in [1.807, 2.05) is 0 Å². The first-order valence-corrected chi connectivity index (χ1v) is 5.98. The first kappa shape index (κ1) is 12.0. The van der Waals surface area contributed by atoms with Crippen LogP contribution >= 0.6 is 0 Å². The average Bonchev–Trinajstić information content (AvgIpc) is 1.99. The van der Waals surface area contributed by atoms with Crippen molar-refractivity contribution in [2.24, 2.45) is 11.8 Å². The molecule has 14 heavy (non-hydrogen) atoms. The molecule has 2 nitrogen and oxygen atoms in total. The highest BCUT2D eigenvalue weighted by molar-refractivity contribution is 4.76. The zero-order valence-corrected chi connectivity index (χ0v) is 10.2. The van der Waals surface area contributed by atoms with Gasteiger partial charge in [0.2, 0.25) is 0 Å². The SMILES string of the molecule is CC(C)C(CNCC1CCC1)N(C)C. The summed E-state index contributed by atoms with van der Waals surface area (Å²) in [7, 11) is 4.35.